The van der Waals surface area contributed by atoms with E-state index in [0.29, 0.717) is 42.1 Å². The Morgan fingerprint density at radius 2 is 1.76 bits per heavy atom. The lowest BCUT2D eigenvalue weighted by molar-refractivity contribution is 0.165. The van der Waals surface area contributed by atoms with Gasteiger partial charge in [-0.05, 0) is 72.8 Å². The van der Waals surface area contributed by atoms with E-state index in [1.54, 1.807) is 37.7 Å². The number of nitrogens with zero attached hydrogens (tertiary/aromatic N) is 4. The van der Waals surface area contributed by atoms with Gasteiger partial charge in [-0.25, -0.2) is 28.1 Å². The highest BCUT2D eigenvalue weighted by Crippen LogP contribution is 2.40. The van der Waals surface area contributed by atoms with Crippen LogP contribution in [0.5, 0.6) is 11.6 Å². The first-order valence-electron chi connectivity index (χ1n) is 15.8. The molecule has 9 nitrogen and oxygen atoms in total. The van der Waals surface area contributed by atoms with Crippen LogP contribution in [0.4, 0.5) is 5.95 Å². The van der Waals surface area contributed by atoms with Crippen LogP contribution in [0.3, 0.4) is 0 Å². The molecule has 46 heavy (non-hydrogen) atoms. The zero-order valence-electron chi connectivity index (χ0n) is 28.1. The Bertz CT molecular complexity index is 1800. The molecule has 1 aliphatic heterocycles. The van der Waals surface area contributed by atoms with Gasteiger partial charge in [0.15, 0.2) is 5.75 Å². The van der Waals surface area contributed by atoms with Crippen molar-refractivity contribution < 1.29 is 17.9 Å². The van der Waals surface area contributed by atoms with Crippen molar-refractivity contribution in [3.05, 3.63) is 82.9 Å². The molecule has 2 aromatic carbocycles. The first-order valence-corrected chi connectivity index (χ1v) is 17.3. The fraction of sp³-hybridized carbons (Fsp3) is 0.444. The molecular weight excluding hydrogens is 598 g/mol. The van der Waals surface area contributed by atoms with Gasteiger partial charge in [0.25, 0.3) is 10.0 Å². The molecule has 1 aliphatic rings. The second-order valence-electron chi connectivity index (χ2n) is 13.9. The topological polar surface area (TPSA) is 116 Å². The summed E-state index contributed by atoms with van der Waals surface area (Å²) in [5, 5.41) is 0. The van der Waals surface area contributed by atoms with Crippen molar-refractivity contribution in [2.75, 3.05) is 18.4 Å². The molecule has 10 heteroatoms. The molecule has 1 N–H and O–H groups in total. The van der Waals surface area contributed by atoms with Crippen molar-refractivity contribution >= 4 is 16.0 Å². The molecule has 4 bridgehead atoms. The van der Waals surface area contributed by atoms with Crippen LogP contribution in [0.15, 0.2) is 59.8 Å². The SMILES string of the molecule is COc1cnc(CC2c3cccc(c3)S(=O)(=O)Nc3nc(c(C)c(-c4c(C)cccc4CC(C)C)n3)OC[C@H]2CC(C)(C)C)nc1. The lowest BCUT2D eigenvalue weighted by Gasteiger charge is -2.33. The molecule has 2 aromatic heterocycles. The molecule has 0 fully saturated rings. The quantitative estimate of drug-likeness (QED) is 0.223. The minimum absolute atomic E-state index is 0.0177. The van der Waals surface area contributed by atoms with E-state index in [-0.39, 0.29) is 28.1 Å². The van der Waals surface area contributed by atoms with Crippen LogP contribution in [0, 0.1) is 31.1 Å². The standard InChI is InChI=1S/C36H45N5O4S/c1-22(2)15-26-13-9-11-23(3)32(26)33-24(4)34-40-35(39-33)41-46(42,43)29-14-10-12-25(16-29)30(27(21-45-34)18-36(5,6)7)17-31-37-19-28(44-8)20-38-31/h9-14,16,19-20,22,27,30H,15,17-18,21H2,1-8H3,(H,39,40,41)/t27-,30?/m1/s1. The van der Waals surface area contributed by atoms with Crippen LogP contribution in [0.2, 0.25) is 0 Å². The molecule has 0 spiro atoms. The predicted molar refractivity (Wildman–Crippen MR) is 181 cm³/mol. The van der Waals surface area contributed by atoms with Gasteiger partial charge in [0.2, 0.25) is 11.8 Å². The fourth-order valence-corrected chi connectivity index (χ4v) is 7.29. The first kappa shape index (κ1) is 33.3. The maximum absolute atomic E-state index is 13.9. The number of methoxy groups -OCH3 is 1. The Balaban J connectivity index is 1.68. The Kier molecular flexibility index (Phi) is 9.67. The second-order valence-corrected chi connectivity index (χ2v) is 15.6. The van der Waals surface area contributed by atoms with E-state index in [2.05, 4.69) is 79.4 Å². The zero-order chi connectivity index (χ0) is 33.2. The van der Waals surface area contributed by atoms with Gasteiger partial charge in [0.1, 0.15) is 5.82 Å². The van der Waals surface area contributed by atoms with Crippen molar-refractivity contribution in [1.29, 1.82) is 0 Å². The monoisotopic (exact) mass is 643 g/mol. The molecule has 0 saturated carbocycles. The summed E-state index contributed by atoms with van der Waals surface area (Å²) < 4.78 is 42.3. The number of anilines is 1. The van der Waals surface area contributed by atoms with E-state index in [1.807, 2.05) is 13.0 Å². The highest BCUT2D eigenvalue weighted by Gasteiger charge is 2.32. The largest absolute Gasteiger partial charge is 0.494 e. The molecule has 4 aromatic rings. The number of nitrogens with one attached hydrogen (secondary N) is 1. The summed E-state index contributed by atoms with van der Waals surface area (Å²) in [5.41, 5.74) is 5.45. The summed E-state index contributed by atoms with van der Waals surface area (Å²) in [5.74, 6) is 1.83. The van der Waals surface area contributed by atoms with Crippen LogP contribution < -0.4 is 14.2 Å². The number of rotatable bonds is 7. The van der Waals surface area contributed by atoms with Crippen LogP contribution in [-0.2, 0) is 22.9 Å². The summed E-state index contributed by atoms with van der Waals surface area (Å²) in [4.78, 5) is 18.7. The number of aryl methyl sites for hydroxylation is 1. The number of sulfonamides is 1. The number of fused-ring (bicyclic) bond motifs is 4. The Morgan fingerprint density at radius 3 is 2.43 bits per heavy atom. The van der Waals surface area contributed by atoms with Crippen LogP contribution in [0.25, 0.3) is 11.3 Å². The van der Waals surface area contributed by atoms with Gasteiger partial charge in [-0.3, -0.25) is 0 Å². The fourth-order valence-electron chi connectivity index (χ4n) is 6.29. The van der Waals surface area contributed by atoms with Gasteiger partial charge in [-0.2, -0.15) is 4.98 Å². The van der Waals surface area contributed by atoms with Gasteiger partial charge < -0.3 is 9.47 Å². The smallest absolute Gasteiger partial charge is 0.264 e. The molecule has 0 aliphatic carbocycles. The molecular formula is C36H45N5O4S. The lowest BCUT2D eigenvalue weighted by Crippen LogP contribution is -2.28. The normalized spacial score (nSPS) is 17.8. The first-order chi connectivity index (χ1) is 21.7. The number of benzene rings is 2. The molecule has 1 unspecified atom stereocenters. The second kappa shape index (κ2) is 13.4. The van der Waals surface area contributed by atoms with Crippen molar-refractivity contribution in [3.63, 3.8) is 0 Å². The summed E-state index contributed by atoms with van der Waals surface area (Å²) in [6.45, 7) is 15.3. The average Bonchev–Trinajstić information content (AvgIpc) is 2.98. The van der Waals surface area contributed by atoms with Gasteiger partial charge >= 0.3 is 0 Å². The minimum atomic E-state index is -4.03. The van der Waals surface area contributed by atoms with Gasteiger partial charge in [-0.15, -0.1) is 0 Å². The minimum Gasteiger partial charge on any atom is -0.494 e. The Labute approximate surface area is 273 Å². The van der Waals surface area contributed by atoms with E-state index >= 15 is 0 Å². The van der Waals surface area contributed by atoms with Gasteiger partial charge in [0, 0.05) is 23.5 Å². The Morgan fingerprint density at radius 1 is 1.04 bits per heavy atom. The van der Waals surface area contributed by atoms with E-state index in [1.165, 1.54) is 0 Å². The molecule has 2 atom stereocenters. The Hall–Kier alpha value is -4.05. The van der Waals surface area contributed by atoms with E-state index in [4.69, 9.17) is 14.5 Å². The molecule has 5 rings (SSSR count). The van der Waals surface area contributed by atoms with Crippen molar-refractivity contribution in [1.82, 2.24) is 19.9 Å². The summed E-state index contributed by atoms with van der Waals surface area (Å²) in [6, 6.07) is 13.3. The van der Waals surface area contributed by atoms with Crippen LogP contribution in [-0.4, -0.2) is 42.1 Å². The lowest BCUT2D eigenvalue weighted by atomic mass is 9.75. The third-order valence-electron chi connectivity index (χ3n) is 8.34. The third kappa shape index (κ3) is 7.66. The number of hydrogen-bond acceptors (Lipinski definition) is 8. The van der Waals surface area contributed by atoms with Crippen LogP contribution >= 0.6 is 0 Å². The van der Waals surface area contributed by atoms with Gasteiger partial charge in [0.05, 0.1) is 36.7 Å². The third-order valence-corrected chi connectivity index (χ3v) is 9.67. The van der Waals surface area contributed by atoms with Crippen molar-refractivity contribution in [2.24, 2.45) is 17.3 Å². The molecule has 244 valence electrons. The molecule has 0 amide bonds. The van der Waals surface area contributed by atoms with E-state index in [9.17, 15) is 8.42 Å². The predicted octanol–water partition coefficient (Wildman–Crippen LogP) is 7.33. The summed E-state index contributed by atoms with van der Waals surface area (Å²) in [6.07, 6.45) is 5.47. The summed E-state index contributed by atoms with van der Waals surface area (Å²) in [7, 11) is -2.45. The zero-order valence-corrected chi connectivity index (χ0v) is 28.9. The number of hydrogen-bond donors (Lipinski definition) is 1. The average molecular weight is 644 g/mol. The van der Waals surface area contributed by atoms with E-state index < -0.39 is 10.0 Å². The molecule has 3 heterocycles. The van der Waals surface area contributed by atoms with Crippen molar-refractivity contribution in [2.45, 2.75) is 78.5 Å². The van der Waals surface area contributed by atoms with Crippen molar-refractivity contribution in [3.8, 4) is 22.9 Å². The highest BCUT2D eigenvalue weighted by molar-refractivity contribution is 7.92. The van der Waals surface area contributed by atoms with E-state index in [0.717, 1.165) is 40.7 Å². The maximum Gasteiger partial charge on any atom is 0.264 e. The van der Waals surface area contributed by atoms with Crippen LogP contribution in [0.1, 0.15) is 75.0 Å². The number of ether oxygens (including phenoxy) is 2. The maximum atomic E-state index is 13.9. The molecule has 0 saturated heterocycles. The van der Waals surface area contributed by atoms with Gasteiger partial charge in [-0.1, -0.05) is 65.0 Å². The summed E-state index contributed by atoms with van der Waals surface area (Å²) >= 11 is 0. The highest BCUT2D eigenvalue weighted by atomic mass is 32.2. The molecule has 0 radical (unpaired) electrons. The number of aromatic nitrogens is 4.